The monoisotopic (exact) mass is 297 g/mol. The number of carbonyl (C=O) groups is 1. The molecule has 1 unspecified atom stereocenters. The van der Waals surface area contributed by atoms with Gasteiger partial charge in [-0.1, -0.05) is 97.3 Å². The van der Waals surface area contributed by atoms with Crippen molar-refractivity contribution in [1.82, 2.24) is 0 Å². The lowest BCUT2D eigenvalue weighted by molar-refractivity contribution is -0.133. The largest absolute Gasteiger partial charge is 0.481 e. The lowest BCUT2D eigenvalue weighted by Crippen LogP contribution is -2.05. The first-order chi connectivity index (χ1) is 10.2. The SMILES string of the molecule is CCCCCCCCCCCCCCCC(C)[CH]C(=O)O. The minimum atomic E-state index is -0.780. The second kappa shape index (κ2) is 15.9. The van der Waals surface area contributed by atoms with Crippen LogP contribution in [0, 0.1) is 12.3 Å². The van der Waals surface area contributed by atoms with E-state index < -0.39 is 5.97 Å². The van der Waals surface area contributed by atoms with Crippen molar-refractivity contribution in [1.29, 1.82) is 0 Å². The second-order valence-corrected chi connectivity index (χ2v) is 6.51. The van der Waals surface area contributed by atoms with Crippen LogP contribution in [0.1, 0.15) is 104 Å². The molecular formula is C19H37O2. The predicted molar refractivity (Wildman–Crippen MR) is 91.4 cm³/mol. The van der Waals surface area contributed by atoms with Crippen molar-refractivity contribution in [3.8, 4) is 0 Å². The number of unbranched alkanes of at least 4 members (excludes halogenated alkanes) is 12. The zero-order valence-corrected chi connectivity index (χ0v) is 14.4. The minimum Gasteiger partial charge on any atom is -0.481 e. The molecule has 0 aromatic heterocycles. The van der Waals surface area contributed by atoms with Crippen molar-refractivity contribution in [3.63, 3.8) is 0 Å². The summed E-state index contributed by atoms with van der Waals surface area (Å²) in [5.74, 6) is -0.563. The van der Waals surface area contributed by atoms with E-state index in [4.69, 9.17) is 5.11 Å². The van der Waals surface area contributed by atoms with Gasteiger partial charge in [0.25, 0.3) is 0 Å². The van der Waals surface area contributed by atoms with E-state index in [-0.39, 0.29) is 5.92 Å². The Balaban J connectivity index is 3.07. The lowest BCUT2D eigenvalue weighted by Gasteiger charge is -2.07. The van der Waals surface area contributed by atoms with E-state index in [9.17, 15) is 4.79 Å². The third kappa shape index (κ3) is 17.4. The highest BCUT2D eigenvalue weighted by Crippen LogP contribution is 2.15. The standard InChI is InChI=1S/C19H37O2/c1-3-4-5-6-7-8-9-10-11-12-13-14-15-16-18(2)17-19(20)21/h17-18H,3-16H2,1-2H3,(H,20,21). The van der Waals surface area contributed by atoms with Gasteiger partial charge < -0.3 is 5.11 Å². The first-order valence-corrected chi connectivity index (χ1v) is 9.24. The van der Waals surface area contributed by atoms with Crippen molar-refractivity contribution in [3.05, 3.63) is 6.42 Å². The smallest absolute Gasteiger partial charge is 0.307 e. The van der Waals surface area contributed by atoms with Gasteiger partial charge in [-0.2, -0.15) is 0 Å². The maximum Gasteiger partial charge on any atom is 0.307 e. The highest BCUT2D eigenvalue weighted by molar-refractivity contribution is 5.76. The molecule has 2 nitrogen and oxygen atoms in total. The van der Waals surface area contributed by atoms with Crippen LogP contribution in [0.25, 0.3) is 0 Å². The van der Waals surface area contributed by atoms with Crippen molar-refractivity contribution in [2.45, 2.75) is 104 Å². The molecular weight excluding hydrogens is 260 g/mol. The number of aliphatic carboxylic acids is 1. The Morgan fingerprint density at radius 3 is 1.57 bits per heavy atom. The van der Waals surface area contributed by atoms with Crippen LogP contribution in [0.3, 0.4) is 0 Å². The highest BCUT2D eigenvalue weighted by atomic mass is 16.4. The van der Waals surface area contributed by atoms with E-state index in [2.05, 4.69) is 6.92 Å². The van der Waals surface area contributed by atoms with E-state index in [1.165, 1.54) is 89.9 Å². The third-order valence-corrected chi connectivity index (χ3v) is 4.19. The molecule has 1 radical (unpaired) electrons. The van der Waals surface area contributed by atoms with E-state index in [0.29, 0.717) is 0 Å². The molecule has 0 aliphatic heterocycles. The highest BCUT2D eigenvalue weighted by Gasteiger charge is 2.07. The van der Waals surface area contributed by atoms with Gasteiger partial charge in [0.15, 0.2) is 0 Å². The maximum absolute atomic E-state index is 10.5. The quantitative estimate of drug-likeness (QED) is 0.335. The molecule has 0 bridgehead atoms. The second-order valence-electron chi connectivity index (χ2n) is 6.51. The number of rotatable bonds is 16. The number of carboxylic acid groups (broad SMARTS) is 1. The summed E-state index contributed by atoms with van der Waals surface area (Å²) in [7, 11) is 0. The molecule has 0 aliphatic carbocycles. The Morgan fingerprint density at radius 1 is 0.810 bits per heavy atom. The molecule has 0 aromatic rings. The summed E-state index contributed by atoms with van der Waals surface area (Å²) in [5, 5.41) is 8.63. The summed E-state index contributed by atoms with van der Waals surface area (Å²) in [6.07, 6.45) is 20.2. The molecule has 0 rings (SSSR count). The van der Waals surface area contributed by atoms with Crippen LogP contribution in [0.2, 0.25) is 0 Å². The Hall–Kier alpha value is -0.530. The normalized spacial score (nSPS) is 12.5. The summed E-state index contributed by atoms with van der Waals surface area (Å²) >= 11 is 0. The van der Waals surface area contributed by atoms with Gasteiger partial charge in [-0.05, 0) is 12.3 Å². The summed E-state index contributed by atoms with van der Waals surface area (Å²) in [5.41, 5.74) is 0. The maximum atomic E-state index is 10.5. The van der Waals surface area contributed by atoms with Crippen molar-refractivity contribution in [2.75, 3.05) is 0 Å². The van der Waals surface area contributed by atoms with Gasteiger partial charge in [0.1, 0.15) is 0 Å². The van der Waals surface area contributed by atoms with Crippen LogP contribution in [-0.2, 0) is 4.79 Å². The molecule has 0 saturated heterocycles. The van der Waals surface area contributed by atoms with Crippen molar-refractivity contribution < 1.29 is 9.90 Å². The van der Waals surface area contributed by atoms with E-state index in [0.717, 1.165) is 6.42 Å². The van der Waals surface area contributed by atoms with Gasteiger partial charge in [-0.25, -0.2) is 0 Å². The summed E-state index contributed by atoms with van der Waals surface area (Å²) in [6, 6.07) is 0. The average Bonchev–Trinajstić information content (AvgIpc) is 2.43. The molecule has 2 heteroatoms. The molecule has 21 heavy (non-hydrogen) atoms. The number of hydrogen-bond donors (Lipinski definition) is 1. The Labute approximate surface area is 132 Å². The van der Waals surface area contributed by atoms with E-state index in [1.54, 1.807) is 0 Å². The van der Waals surface area contributed by atoms with Crippen LogP contribution in [0.5, 0.6) is 0 Å². The van der Waals surface area contributed by atoms with E-state index >= 15 is 0 Å². The van der Waals surface area contributed by atoms with Crippen LogP contribution in [-0.4, -0.2) is 11.1 Å². The topological polar surface area (TPSA) is 37.3 Å². The Bertz CT molecular complexity index is 226. The molecule has 1 atom stereocenters. The minimum absolute atomic E-state index is 0.218. The van der Waals surface area contributed by atoms with Crippen LogP contribution >= 0.6 is 0 Å². The molecule has 0 aromatic carbocycles. The van der Waals surface area contributed by atoms with Gasteiger partial charge in [-0.15, -0.1) is 0 Å². The van der Waals surface area contributed by atoms with Crippen molar-refractivity contribution >= 4 is 5.97 Å². The molecule has 0 saturated carbocycles. The molecule has 0 fully saturated rings. The van der Waals surface area contributed by atoms with E-state index in [1.807, 2.05) is 6.92 Å². The molecule has 0 amide bonds. The molecule has 0 aliphatic rings. The molecule has 125 valence electrons. The number of hydrogen-bond acceptors (Lipinski definition) is 1. The summed E-state index contributed by atoms with van der Waals surface area (Å²) in [6.45, 7) is 4.26. The summed E-state index contributed by atoms with van der Waals surface area (Å²) < 4.78 is 0. The van der Waals surface area contributed by atoms with Crippen LogP contribution in [0.15, 0.2) is 0 Å². The average molecular weight is 298 g/mol. The first kappa shape index (κ1) is 20.5. The van der Waals surface area contributed by atoms with Gasteiger partial charge in [0.05, 0.1) is 6.42 Å². The summed E-state index contributed by atoms with van der Waals surface area (Å²) in [4.78, 5) is 10.5. The van der Waals surface area contributed by atoms with Crippen LogP contribution in [0.4, 0.5) is 0 Å². The fourth-order valence-corrected chi connectivity index (χ4v) is 2.81. The van der Waals surface area contributed by atoms with Crippen LogP contribution < -0.4 is 0 Å². The zero-order chi connectivity index (χ0) is 15.8. The zero-order valence-electron chi connectivity index (χ0n) is 14.4. The molecule has 0 heterocycles. The van der Waals surface area contributed by atoms with Gasteiger partial charge >= 0.3 is 5.97 Å². The Morgan fingerprint density at radius 2 is 1.19 bits per heavy atom. The fourth-order valence-electron chi connectivity index (χ4n) is 2.81. The third-order valence-electron chi connectivity index (χ3n) is 4.19. The predicted octanol–water partition coefficient (Wildman–Crippen LogP) is 6.39. The fraction of sp³-hybridized carbons (Fsp3) is 0.895. The van der Waals surface area contributed by atoms with Crippen molar-refractivity contribution in [2.24, 2.45) is 5.92 Å². The van der Waals surface area contributed by atoms with Gasteiger partial charge in [0, 0.05) is 0 Å². The number of carboxylic acids is 1. The van der Waals surface area contributed by atoms with Gasteiger partial charge in [0.2, 0.25) is 0 Å². The Kier molecular flexibility index (Phi) is 15.5. The lowest BCUT2D eigenvalue weighted by atomic mass is 9.99. The van der Waals surface area contributed by atoms with Gasteiger partial charge in [-0.3, -0.25) is 4.79 Å². The molecule has 1 N–H and O–H groups in total. The first-order valence-electron chi connectivity index (χ1n) is 9.24. The molecule has 0 spiro atoms.